The van der Waals surface area contributed by atoms with E-state index in [9.17, 15) is 32.6 Å². The first-order valence-corrected chi connectivity index (χ1v) is 8.94. The molecule has 9 heteroatoms. The minimum Gasteiger partial charge on any atom is -0.506 e. The Morgan fingerprint density at radius 1 is 1.06 bits per heavy atom. The van der Waals surface area contributed by atoms with Gasteiger partial charge in [-0.05, 0) is 24.4 Å². The zero-order valence-corrected chi connectivity index (χ0v) is 16.0. The van der Waals surface area contributed by atoms with Crippen LogP contribution in [0.5, 0.6) is 5.75 Å². The van der Waals surface area contributed by atoms with E-state index in [4.69, 9.17) is 4.74 Å². The number of fused-ring (bicyclic) bond motifs is 1. The van der Waals surface area contributed by atoms with Crippen LogP contribution < -0.4 is 0 Å². The average Bonchev–Trinajstić information content (AvgIpc) is 2.76. The number of hydrogen-bond donors (Lipinski definition) is 2. The molecule has 0 heterocycles. The molecule has 0 saturated heterocycles. The number of hydrogen-bond acceptors (Lipinski definition) is 5. The van der Waals surface area contributed by atoms with Crippen LogP contribution in [0, 0.1) is 23.3 Å². The summed E-state index contributed by atoms with van der Waals surface area (Å²) >= 11 is 0. The zero-order valence-electron chi connectivity index (χ0n) is 16.0. The highest BCUT2D eigenvalue weighted by atomic mass is 19.2. The fourth-order valence-electron chi connectivity index (χ4n) is 2.79. The molecule has 5 nitrogen and oxygen atoms in total. The van der Waals surface area contributed by atoms with E-state index in [1.54, 1.807) is 30.3 Å². The second kappa shape index (κ2) is 8.86. The van der Waals surface area contributed by atoms with Gasteiger partial charge in [-0.2, -0.15) is 0 Å². The number of aromatic hydroxyl groups is 1. The number of nitrogens with zero attached hydrogens (tertiary/aromatic N) is 1. The van der Waals surface area contributed by atoms with Crippen LogP contribution in [0.15, 0.2) is 53.0 Å². The summed E-state index contributed by atoms with van der Waals surface area (Å²) in [6.07, 6.45) is 0.746. The molecule has 0 aromatic heterocycles. The van der Waals surface area contributed by atoms with Crippen LogP contribution in [0.2, 0.25) is 0 Å². The van der Waals surface area contributed by atoms with Crippen molar-refractivity contribution in [3.05, 3.63) is 76.9 Å². The predicted molar refractivity (Wildman–Crippen MR) is 106 cm³/mol. The van der Waals surface area contributed by atoms with Crippen LogP contribution in [-0.2, 0) is 9.53 Å². The van der Waals surface area contributed by atoms with Gasteiger partial charge in [0.2, 0.25) is 0 Å². The molecular formula is C22H15F4NO4. The summed E-state index contributed by atoms with van der Waals surface area (Å²) in [6, 6.07) is 10.1. The third-order valence-corrected chi connectivity index (χ3v) is 4.32. The Labute approximate surface area is 173 Å². The van der Waals surface area contributed by atoms with Crippen molar-refractivity contribution in [2.24, 2.45) is 4.99 Å². The van der Waals surface area contributed by atoms with E-state index in [2.05, 4.69) is 4.99 Å². The van der Waals surface area contributed by atoms with Gasteiger partial charge < -0.3 is 14.9 Å². The molecular weight excluding hydrogens is 418 g/mol. The number of aliphatic hydroxyl groups excluding tert-OH is 1. The monoisotopic (exact) mass is 433 g/mol. The number of phenolic OH excluding ortho intramolecular Hbond substituents is 1. The van der Waals surface area contributed by atoms with Crippen molar-refractivity contribution in [3.63, 3.8) is 0 Å². The molecule has 0 spiro atoms. The molecule has 0 aliphatic rings. The number of phenols is 1. The SMILES string of the molecule is CCOC(=O)/C(C=Nc1ccc2ccccc2c1O)=C(/O)c1cc(F)c(F)c(F)c1F. The summed E-state index contributed by atoms with van der Waals surface area (Å²) < 4.78 is 59.2. The normalized spacial score (nSPS) is 12.3. The van der Waals surface area contributed by atoms with Crippen LogP contribution in [0.25, 0.3) is 16.5 Å². The van der Waals surface area contributed by atoms with Gasteiger partial charge in [0.05, 0.1) is 12.2 Å². The van der Waals surface area contributed by atoms with Crippen LogP contribution in [0.4, 0.5) is 23.2 Å². The van der Waals surface area contributed by atoms with E-state index < -0.39 is 46.1 Å². The maximum atomic E-state index is 14.1. The summed E-state index contributed by atoms with van der Waals surface area (Å²) in [6.45, 7) is 1.32. The van der Waals surface area contributed by atoms with Gasteiger partial charge in [-0.15, -0.1) is 0 Å². The summed E-state index contributed by atoms with van der Waals surface area (Å²) in [5, 5.41) is 21.9. The molecule has 0 bridgehead atoms. The molecule has 0 unspecified atom stereocenters. The van der Waals surface area contributed by atoms with Crippen molar-refractivity contribution in [2.75, 3.05) is 6.61 Å². The number of rotatable bonds is 5. The molecule has 3 aromatic carbocycles. The Bertz CT molecular complexity index is 1240. The standard InChI is InChI=1S/C22H15F4NO4/c1-2-31-22(30)14(20(28)13-9-15(23)18(25)19(26)17(13)24)10-27-16-8-7-11-5-3-4-6-12(11)21(16)29/h3-10,28-29H,2H2,1H3/b20-14+,27-10?. The first-order valence-electron chi connectivity index (χ1n) is 8.94. The van der Waals surface area contributed by atoms with Gasteiger partial charge in [-0.3, -0.25) is 4.99 Å². The Kier molecular flexibility index (Phi) is 6.24. The number of carbonyl (C=O) groups excluding carboxylic acids is 1. The van der Waals surface area contributed by atoms with Crippen LogP contribution in [-0.4, -0.2) is 29.0 Å². The van der Waals surface area contributed by atoms with Gasteiger partial charge in [-0.1, -0.05) is 30.3 Å². The molecule has 0 saturated carbocycles. The number of carbonyl (C=O) groups is 1. The second-order valence-electron chi connectivity index (χ2n) is 6.24. The number of benzene rings is 3. The largest absolute Gasteiger partial charge is 0.506 e. The summed E-state index contributed by atoms with van der Waals surface area (Å²) in [4.78, 5) is 16.2. The molecule has 0 aliphatic heterocycles. The topological polar surface area (TPSA) is 79.1 Å². The first-order chi connectivity index (χ1) is 14.8. The lowest BCUT2D eigenvalue weighted by Gasteiger charge is -2.09. The Morgan fingerprint density at radius 3 is 2.48 bits per heavy atom. The quantitative estimate of drug-likeness (QED) is 0.108. The van der Waals surface area contributed by atoms with Gasteiger partial charge >= 0.3 is 5.97 Å². The highest BCUT2D eigenvalue weighted by molar-refractivity contribution is 6.15. The predicted octanol–water partition coefficient (Wildman–Crippen LogP) is 5.34. The maximum absolute atomic E-state index is 14.1. The minimum atomic E-state index is -2.16. The molecule has 31 heavy (non-hydrogen) atoms. The van der Waals surface area contributed by atoms with Crippen LogP contribution in [0.3, 0.4) is 0 Å². The van der Waals surface area contributed by atoms with Crippen LogP contribution in [0.1, 0.15) is 12.5 Å². The fraction of sp³-hybridized carbons (Fsp3) is 0.0909. The summed E-state index contributed by atoms with van der Waals surface area (Å²) in [7, 11) is 0. The van der Waals surface area contributed by atoms with E-state index in [0.717, 1.165) is 6.21 Å². The van der Waals surface area contributed by atoms with Crippen molar-refractivity contribution < 1.29 is 37.3 Å². The van der Waals surface area contributed by atoms with E-state index in [-0.39, 0.29) is 24.1 Å². The molecule has 3 aromatic rings. The van der Waals surface area contributed by atoms with Gasteiger partial charge in [0.15, 0.2) is 23.3 Å². The molecule has 3 rings (SSSR count). The number of ether oxygens (including phenoxy) is 1. The molecule has 160 valence electrons. The lowest BCUT2D eigenvalue weighted by molar-refractivity contribution is -0.137. The number of aliphatic hydroxyl groups is 1. The highest BCUT2D eigenvalue weighted by Gasteiger charge is 2.25. The van der Waals surface area contributed by atoms with Gasteiger partial charge in [0, 0.05) is 11.6 Å². The van der Waals surface area contributed by atoms with Crippen molar-refractivity contribution in [2.45, 2.75) is 6.92 Å². The fourth-order valence-corrected chi connectivity index (χ4v) is 2.79. The molecule has 0 fully saturated rings. The van der Waals surface area contributed by atoms with Crippen molar-refractivity contribution >= 4 is 34.4 Å². The number of halogens is 4. The smallest absolute Gasteiger partial charge is 0.343 e. The first kappa shape index (κ1) is 21.8. The van der Waals surface area contributed by atoms with E-state index in [1.807, 2.05) is 0 Å². The Balaban J connectivity index is 2.15. The van der Waals surface area contributed by atoms with Gasteiger partial charge in [0.25, 0.3) is 0 Å². The molecule has 2 N–H and O–H groups in total. The Morgan fingerprint density at radius 2 is 1.77 bits per heavy atom. The van der Waals surface area contributed by atoms with Crippen LogP contribution >= 0.6 is 0 Å². The highest BCUT2D eigenvalue weighted by Crippen LogP contribution is 2.34. The maximum Gasteiger partial charge on any atom is 0.343 e. The van der Waals surface area contributed by atoms with E-state index >= 15 is 0 Å². The van der Waals surface area contributed by atoms with E-state index in [1.165, 1.54) is 13.0 Å². The van der Waals surface area contributed by atoms with Crippen molar-refractivity contribution in [1.29, 1.82) is 0 Å². The summed E-state index contributed by atoms with van der Waals surface area (Å²) in [5.74, 6) is -10.5. The third-order valence-electron chi connectivity index (χ3n) is 4.32. The zero-order chi connectivity index (χ0) is 22.7. The molecule has 0 atom stereocenters. The van der Waals surface area contributed by atoms with Crippen molar-refractivity contribution in [1.82, 2.24) is 0 Å². The molecule has 0 aliphatic carbocycles. The third kappa shape index (κ3) is 4.20. The lowest BCUT2D eigenvalue weighted by Crippen LogP contribution is -2.12. The van der Waals surface area contributed by atoms with Crippen molar-refractivity contribution in [3.8, 4) is 5.75 Å². The van der Waals surface area contributed by atoms with Gasteiger partial charge in [-0.25, -0.2) is 22.4 Å². The molecule has 0 amide bonds. The number of aliphatic imine (C=N–C) groups is 1. The van der Waals surface area contributed by atoms with E-state index in [0.29, 0.717) is 10.8 Å². The van der Waals surface area contributed by atoms with Gasteiger partial charge in [0.1, 0.15) is 22.8 Å². The Hall–Kier alpha value is -3.88. The summed E-state index contributed by atoms with van der Waals surface area (Å²) in [5.41, 5.74) is -1.88. The minimum absolute atomic E-state index is 0.00904. The lowest BCUT2D eigenvalue weighted by atomic mass is 10.1. The number of esters is 1. The average molecular weight is 433 g/mol. The second-order valence-corrected chi connectivity index (χ2v) is 6.24. The molecule has 0 radical (unpaired) electrons.